The van der Waals surface area contributed by atoms with Crippen molar-refractivity contribution >= 4 is 6.29 Å². The lowest BCUT2D eigenvalue weighted by atomic mass is 10.00. The normalized spacial score (nSPS) is 12.6. The number of carbonyl (C=O) groups is 1. The van der Waals surface area contributed by atoms with Gasteiger partial charge in [0, 0.05) is 18.1 Å². The number of hydrogen-bond acceptors (Lipinski definition) is 1. The average molecular weight is 238 g/mol. The second kappa shape index (κ2) is 3.84. The van der Waals surface area contributed by atoms with Crippen LogP contribution in [0.4, 0.5) is 22.0 Å². The summed E-state index contributed by atoms with van der Waals surface area (Å²) < 4.78 is 62.7. The third-order valence-electron chi connectivity index (χ3n) is 1.98. The van der Waals surface area contributed by atoms with Crippen molar-refractivity contribution in [1.82, 2.24) is 0 Å². The van der Waals surface area contributed by atoms with E-state index < -0.39 is 28.8 Å². The van der Waals surface area contributed by atoms with E-state index >= 15 is 0 Å². The number of halogens is 5. The first kappa shape index (κ1) is 12.6. The van der Waals surface area contributed by atoms with E-state index in [2.05, 4.69) is 0 Å². The Labute approximate surface area is 87.9 Å². The average Bonchev–Trinajstić information content (AvgIpc) is 2.14. The molecule has 0 N–H and O–H groups in total. The van der Waals surface area contributed by atoms with Gasteiger partial charge in [0.25, 0.3) is 5.92 Å². The van der Waals surface area contributed by atoms with Gasteiger partial charge in [0.05, 0.1) is 5.56 Å². The van der Waals surface area contributed by atoms with Crippen LogP contribution in [0.2, 0.25) is 0 Å². The Hall–Kier alpha value is -1.46. The van der Waals surface area contributed by atoms with Gasteiger partial charge in [-0.3, -0.25) is 4.79 Å². The Morgan fingerprint density at radius 3 is 2.06 bits per heavy atom. The smallest absolute Gasteiger partial charge is 0.298 e. The molecule has 0 saturated carbocycles. The summed E-state index contributed by atoms with van der Waals surface area (Å²) in [6, 6.07) is 1.63. The summed E-state index contributed by atoms with van der Waals surface area (Å²) in [4.78, 5) is 10.4. The monoisotopic (exact) mass is 238 g/mol. The number of hydrogen-bond donors (Lipinski definition) is 0. The zero-order valence-corrected chi connectivity index (χ0v) is 8.11. The molecule has 1 aromatic carbocycles. The first-order chi connectivity index (χ1) is 7.16. The molecule has 0 bridgehead atoms. The van der Waals surface area contributed by atoms with Gasteiger partial charge < -0.3 is 0 Å². The predicted octanol–water partition coefficient (Wildman–Crippen LogP) is 3.63. The minimum absolute atomic E-state index is 0.104. The van der Waals surface area contributed by atoms with Crippen molar-refractivity contribution in [2.75, 3.05) is 0 Å². The van der Waals surface area contributed by atoms with Gasteiger partial charge in [0.15, 0.2) is 6.29 Å². The number of aldehydes is 1. The molecule has 0 spiro atoms. The van der Waals surface area contributed by atoms with Gasteiger partial charge in [-0.25, -0.2) is 8.78 Å². The van der Waals surface area contributed by atoms with Crippen molar-refractivity contribution in [2.24, 2.45) is 0 Å². The summed E-state index contributed by atoms with van der Waals surface area (Å²) in [5.74, 6) is -3.49. The molecule has 88 valence electrons. The summed E-state index contributed by atoms with van der Waals surface area (Å²) >= 11 is 0. The van der Waals surface area contributed by atoms with E-state index in [0.717, 1.165) is 6.07 Å². The fraction of sp³-hybridized carbons (Fsp3) is 0.300. The highest BCUT2D eigenvalue weighted by Crippen LogP contribution is 2.35. The van der Waals surface area contributed by atoms with E-state index in [4.69, 9.17) is 0 Å². The lowest BCUT2D eigenvalue weighted by Crippen LogP contribution is -2.14. The fourth-order valence-electron chi connectivity index (χ4n) is 1.22. The van der Waals surface area contributed by atoms with E-state index in [9.17, 15) is 26.7 Å². The van der Waals surface area contributed by atoms with Crippen LogP contribution in [-0.4, -0.2) is 6.29 Å². The third-order valence-corrected chi connectivity index (χ3v) is 1.98. The summed E-state index contributed by atoms with van der Waals surface area (Å²) in [5.41, 5.74) is -2.56. The molecule has 0 amide bonds. The van der Waals surface area contributed by atoms with Gasteiger partial charge in [-0.15, -0.1) is 0 Å². The van der Waals surface area contributed by atoms with Crippen LogP contribution >= 0.6 is 0 Å². The molecule has 1 nitrogen and oxygen atoms in total. The third kappa shape index (κ3) is 2.56. The molecule has 0 aromatic heterocycles. The first-order valence-corrected chi connectivity index (χ1v) is 4.21. The number of alkyl halides is 5. The summed E-state index contributed by atoms with van der Waals surface area (Å²) in [6.07, 6.45) is -4.60. The van der Waals surface area contributed by atoms with Gasteiger partial charge >= 0.3 is 6.18 Å². The second-order valence-corrected chi connectivity index (χ2v) is 3.31. The Balaban J connectivity index is 3.39. The largest absolute Gasteiger partial charge is 0.416 e. The molecule has 0 atom stereocenters. The summed E-state index contributed by atoms with van der Waals surface area (Å²) in [5, 5.41) is 0. The maximum absolute atomic E-state index is 12.9. The van der Waals surface area contributed by atoms with Crippen molar-refractivity contribution < 1.29 is 26.7 Å². The van der Waals surface area contributed by atoms with Gasteiger partial charge in [0.2, 0.25) is 0 Å². The van der Waals surface area contributed by atoms with Gasteiger partial charge in [-0.05, 0) is 12.1 Å². The molecule has 0 unspecified atom stereocenters. The first-order valence-electron chi connectivity index (χ1n) is 4.21. The quantitative estimate of drug-likeness (QED) is 0.568. The molecule has 0 radical (unpaired) electrons. The molecular formula is C10H7F5O. The maximum atomic E-state index is 12.9. The van der Waals surface area contributed by atoms with Crippen LogP contribution < -0.4 is 0 Å². The highest BCUT2D eigenvalue weighted by molar-refractivity contribution is 5.78. The summed E-state index contributed by atoms with van der Waals surface area (Å²) in [6.45, 7) is 0.440. The zero-order valence-electron chi connectivity index (χ0n) is 8.11. The second-order valence-electron chi connectivity index (χ2n) is 3.31. The van der Waals surface area contributed by atoms with E-state index in [0.29, 0.717) is 19.1 Å². The van der Waals surface area contributed by atoms with Crippen molar-refractivity contribution in [3.63, 3.8) is 0 Å². The SMILES string of the molecule is CC(F)(F)c1cc(C(F)(F)F)ccc1C=O. The molecule has 0 aliphatic carbocycles. The molecule has 0 aliphatic rings. The molecule has 0 heterocycles. The van der Waals surface area contributed by atoms with E-state index in [-0.39, 0.29) is 6.29 Å². The minimum atomic E-state index is -4.71. The molecule has 0 aliphatic heterocycles. The lowest BCUT2D eigenvalue weighted by molar-refractivity contribution is -0.137. The highest BCUT2D eigenvalue weighted by Gasteiger charge is 2.35. The van der Waals surface area contributed by atoms with Crippen molar-refractivity contribution in [3.05, 3.63) is 34.9 Å². The van der Waals surface area contributed by atoms with Crippen molar-refractivity contribution in [2.45, 2.75) is 19.0 Å². The van der Waals surface area contributed by atoms with Crippen LogP contribution in [0.1, 0.15) is 28.4 Å². The van der Waals surface area contributed by atoms with Crippen LogP contribution in [0.3, 0.4) is 0 Å². The molecule has 16 heavy (non-hydrogen) atoms. The fourth-order valence-corrected chi connectivity index (χ4v) is 1.22. The molecule has 1 aromatic rings. The molecule has 1 rings (SSSR count). The van der Waals surface area contributed by atoms with E-state index in [1.165, 1.54) is 0 Å². The van der Waals surface area contributed by atoms with Crippen molar-refractivity contribution in [3.8, 4) is 0 Å². The molecule has 0 saturated heterocycles. The zero-order chi connectivity index (χ0) is 12.6. The Morgan fingerprint density at radius 1 is 1.12 bits per heavy atom. The Kier molecular flexibility index (Phi) is 3.03. The van der Waals surface area contributed by atoms with Crippen molar-refractivity contribution in [1.29, 1.82) is 0 Å². The van der Waals surface area contributed by atoms with Crippen LogP contribution in [0, 0.1) is 0 Å². The molecule has 6 heteroatoms. The Bertz CT molecular complexity index is 403. The van der Waals surface area contributed by atoms with Crippen LogP contribution in [0.15, 0.2) is 18.2 Å². The standard InChI is InChI=1S/C10H7F5O/c1-9(11,12)8-4-7(10(13,14)15)3-2-6(8)5-16/h2-5H,1H3. The lowest BCUT2D eigenvalue weighted by Gasteiger charge is -2.15. The van der Waals surface area contributed by atoms with Gasteiger partial charge in [-0.2, -0.15) is 13.2 Å². The maximum Gasteiger partial charge on any atom is 0.416 e. The predicted molar refractivity (Wildman–Crippen MR) is 46.4 cm³/mol. The van der Waals surface area contributed by atoms with Gasteiger partial charge in [0.1, 0.15) is 0 Å². The number of carbonyl (C=O) groups excluding carboxylic acids is 1. The Morgan fingerprint density at radius 2 is 1.69 bits per heavy atom. The molecule has 0 fully saturated rings. The van der Waals surface area contributed by atoms with Crippen LogP contribution in [0.25, 0.3) is 0 Å². The topological polar surface area (TPSA) is 17.1 Å². The summed E-state index contributed by atoms with van der Waals surface area (Å²) in [7, 11) is 0. The van der Waals surface area contributed by atoms with Crippen LogP contribution in [-0.2, 0) is 12.1 Å². The molecular weight excluding hydrogens is 231 g/mol. The van der Waals surface area contributed by atoms with E-state index in [1.807, 2.05) is 0 Å². The number of rotatable bonds is 2. The number of benzene rings is 1. The van der Waals surface area contributed by atoms with Gasteiger partial charge in [-0.1, -0.05) is 6.07 Å². The van der Waals surface area contributed by atoms with Crippen LogP contribution in [0.5, 0.6) is 0 Å². The van der Waals surface area contributed by atoms with E-state index in [1.54, 1.807) is 0 Å². The highest BCUT2D eigenvalue weighted by atomic mass is 19.4. The minimum Gasteiger partial charge on any atom is -0.298 e.